The van der Waals surface area contributed by atoms with Crippen molar-refractivity contribution in [3.05, 3.63) is 438 Å². The number of aromatic nitrogens is 12. The van der Waals surface area contributed by atoms with E-state index in [-0.39, 0.29) is 0 Å². The number of hydrogen-bond donors (Lipinski definition) is 0. The van der Waals surface area contributed by atoms with Crippen LogP contribution in [0.1, 0.15) is 0 Å². The normalized spacial score (nSPS) is 11.4. The number of hydrogen-bond acceptors (Lipinski definition) is 13. The Morgan fingerprint density at radius 2 is 0.543 bits per heavy atom. The van der Waals surface area contributed by atoms with Crippen molar-refractivity contribution in [3.63, 3.8) is 0 Å². The molecule has 0 fully saturated rings. The largest absolute Gasteiger partial charge is 0.309 e. The molecule has 0 N–H and O–H groups in total. The molecule has 0 amide bonds. The summed E-state index contributed by atoms with van der Waals surface area (Å²) in [5.41, 5.74) is 30.2. The highest BCUT2D eigenvalue weighted by molar-refractivity contribution is 7.24. The first kappa shape index (κ1) is 76.9. The zero-order valence-corrected chi connectivity index (χ0v) is 70.9. The minimum absolute atomic E-state index is 0.620. The number of pyridine rings is 6. The SMILES string of the molecule is c1ccc(-c2ccc(-c3nc(-c4ccccc4)nc(-c4ccc(-c5ccc(-c6nc7ccccc7c7sc(-c8cccnc8)c(-c8cccnc8)c67)cc5)cc4)n3)cc2)cc1.c1ccc(-c2nc(-c3ccc(-c4ccc(-c5nc6ccccc6c6sc(-c7ccncc7)c(-c7ccncc7)c56)cc4)cc3)cc(-c3cccc(-n4c5ccccc5c5ccccc54)c3)n2)cc1. The molecule has 0 saturated heterocycles. The maximum absolute atomic E-state index is 5.38. The van der Waals surface area contributed by atoms with Crippen molar-refractivity contribution in [2.24, 2.45) is 0 Å². The Balaban J connectivity index is 0.000000148. The number of fused-ring (bicyclic) bond motifs is 9. The van der Waals surface area contributed by atoms with E-state index in [1.165, 1.54) is 41.6 Å². The van der Waals surface area contributed by atoms with E-state index in [4.69, 9.17) is 34.9 Å². The van der Waals surface area contributed by atoms with Gasteiger partial charge >= 0.3 is 0 Å². The van der Waals surface area contributed by atoms with Gasteiger partial charge in [0.25, 0.3) is 0 Å². The number of rotatable bonds is 16. The van der Waals surface area contributed by atoms with Crippen molar-refractivity contribution in [1.82, 2.24) is 59.4 Å². The fourth-order valence-corrected chi connectivity index (χ4v) is 20.2. The van der Waals surface area contributed by atoms with Crippen molar-refractivity contribution >= 4 is 86.5 Å². The third-order valence-electron chi connectivity index (χ3n) is 23.8. The molecule has 0 aliphatic carbocycles. The van der Waals surface area contributed by atoms with E-state index in [1.807, 2.05) is 128 Å². The molecule has 12 nitrogen and oxygen atoms in total. The lowest BCUT2D eigenvalue weighted by molar-refractivity contribution is 1.07. The molecule has 14 heteroatoms. The minimum atomic E-state index is 0.620. The molecule has 11 aromatic heterocycles. The molecule has 11 heterocycles. The van der Waals surface area contributed by atoms with Gasteiger partial charge in [-0.15, -0.1) is 22.7 Å². The predicted molar refractivity (Wildman–Crippen MR) is 530 cm³/mol. The van der Waals surface area contributed by atoms with Gasteiger partial charge in [-0.05, 0) is 123 Å². The topological polar surface area (TPSA) is 147 Å². The quantitative estimate of drug-likeness (QED) is 0.0911. The Labute approximate surface area is 751 Å². The standard InChI is InChI=1S/C61H38N6S.C54H34N6S/c1-2-11-45(12-3-1)61-65-52(38-53(66-61)46-13-10-14-47(37-46)67-54-19-8-5-15-48(54)49-16-6-9-20-55(49)67)41-25-21-39(22-26-41)40-23-27-43(28-24-40)58-57-56(42-29-33-62-34-30-42)59(44-31-35-63-36-32-44)68-60(57)50-17-4-7-18-51(50)64-58;1-3-11-35(12-4-1)36-21-27-41(28-22-36)53-58-52(40-13-5-2-6-14-40)59-54(60-53)42-29-23-38(24-30-42)37-19-25-39(26-20-37)49-48-47(43-15-9-31-55-33-43)50(44-16-10-32-56-34-44)61-51(48)45-17-7-8-18-46(45)57-49/h1-38H;1-34H. The lowest BCUT2D eigenvalue weighted by Gasteiger charge is -2.13. The van der Waals surface area contributed by atoms with Crippen LogP contribution in [0.15, 0.2) is 438 Å². The van der Waals surface area contributed by atoms with Crippen LogP contribution < -0.4 is 0 Å². The third kappa shape index (κ3) is 14.8. The first-order chi connectivity index (χ1) is 63.9. The van der Waals surface area contributed by atoms with E-state index in [1.54, 1.807) is 11.3 Å². The smallest absolute Gasteiger partial charge is 0.164 e. The molecule has 0 atom stereocenters. The van der Waals surface area contributed by atoms with Gasteiger partial charge in [0.1, 0.15) is 0 Å². The van der Waals surface area contributed by atoms with Gasteiger partial charge in [-0.25, -0.2) is 34.9 Å². The van der Waals surface area contributed by atoms with Crippen molar-refractivity contribution in [2.75, 3.05) is 0 Å². The van der Waals surface area contributed by atoms with E-state index >= 15 is 0 Å². The third-order valence-corrected chi connectivity index (χ3v) is 26.3. The second kappa shape index (κ2) is 33.6. The van der Waals surface area contributed by atoms with Crippen LogP contribution in [0.5, 0.6) is 0 Å². The van der Waals surface area contributed by atoms with Crippen LogP contribution in [0.4, 0.5) is 0 Å². The molecule has 129 heavy (non-hydrogen) atoms. The average molecular weight is 1690 g/mol. The molecule has 24 aromatic rings. The lowest BCUT2D eigenvalue weighted by atomic mass is 9.94. The molecule has 0 spiro atoms. The van der Waals surface area contributed by atoms with Crippen molar-refractivity contribution < 1.29 is 0 Å². The summed E-state index contributed by atoms with van der Waals surface area (Å²) in [5, 5.41) is 7.00. The van der Waals surface area contributed by atoms with E-state index in [0.717, 1.165) is 172 Å². The molecule has 0 unspecified atom stereocenters. The van der Waals surface area contributed by atoms with E-state index in [9.17, 15) is 0 Å². The average Bonchev–Trinajstić information content (AvgIpc) is 1.61. The molecule has 604 valence electrons. The molecule has 24 rings (SSSR count). The first-order valence-electron chi connectivity index (χ1n) is 42.7. The number of nitrogens with zero attached hydrogens (tertiary/aromatic N) is 12. The molecule has 0 bridgehead atoms. The fraction of sp³-hybridized carbons (Fsp3) is 0. The maximum atomic E-state index is 5.38. The van der Waals surface area contributed by atoms with E-state index in [2.05, 4.69) is 346 Å². The van der Waals surface area contributed by atoms with Gasteiger partial charge in [0.15, 0.2) is 23.3 Å². The summed E-state index contributed by atoms with van der Waals surface area (Å²) in [6, 6.07) is 135. The summed E-state index contributed by atoms with van der Waals surface area (Å²) in [6.07, 6.45) is 15.0. The molecular formula is C115H72N12S2. The second-order valence-corrected chi connectivity index (χ2v) is 33.6. The summed E-state index contributed by atoms with van der Waals surface area (Å²) in [5.74, 6) is 2.57. The van der Waals surface area contributed by atoms with Crippen LogP contribution in [0, 0.1) is 0 Å². The van der Waals surface area contributed by atoms with Crippen molar-refractivity contribution in [2.45, 2.75) is 0 Å². The summed E-state index contributed by atoms with van der Waals surface area (Å²) in [6.45, 7) is 0. The van der Waals surface area contributed by atoms with Gasteiger partial charge in [-0.1, -0.05) is 309 Å². The Morgan fingerprint density at radius 1 is 0.202 bits per heavy atom. The van der Waals surface area contributed by atoms with Gasteiger partial charge in [0, 0.05) is 173 Å². The second-order valence-electron chi connectivity index (χ2n) is 31.6. The van der Waals surface area contributed by atoms with Crippen LogP contribution in [-0.2, 0) is 0 Å². The monoisotopic (exact) mass is 1680 g/mol. The van der Waals surface area contributed by atoms with Gasteiger partial charge in [-0.2, -0.15) is 0 Å². The highest BCUT2D eigenvalue weighted by Gasteiger charge is 2.27. The van der Waals surface area contributed by atoms with Crippen LogP contribution >= 0.6 is 22.7 Å². The zero-order valence-electron chi connectivity index (χ0n) is 69.3. The molecule has 0 aliphatic rings. The van der Waals surface area contributed by atoms with Crippen molar-refractivity contribution in [3.8, 4) is 173 Å². The van der Waals surface area contributed by atoms with Gasteiger partial charge in [-0.3, -0.25) is 19.9 Å². The van der Waals surface area contributed by atoms with Crippen molar-refractivity contribution in [1.29, 1.82) is 0 Å². The fourth-order valence-electron chi connectivity index (χ4n) is 17.5. The minimum Gasteiger partial charge on any atom is -0.309 e. The molecule has 0 aliphatic heterocycles. The Morgan fingerprint density at radius 3 is 1.01 bits per heavy atom. The van der Waals surface area contributed by atoms with Gasteiger partial charge in [0.05, 0.1) is 44.8 Å². The summed E-state index contributed by atoms with van der Waals surface area (Å²) >= 11 is 3.60. The highest BCUT2D eigenvalue weighted by Crippen LogP contribution is 2.53. The van der Waals surface area contributed by atoms with E-state index in [0.29, 0.717) is 23.3 Å². The zero-order chi connectivity index (χ0) is 85.5. The first-order valence-corrected chi connectivity index (χ1v) is 44.3. The summed E-state index contributed by atoms with van der Waals surface area (Å²) in [4.78, 5) is 56.0. The molecule has 0 radical (unpaired) electrons. The summed E-state index contributed by atoms with van der Waals surface area (Å²) < 4.78 is 4.75. The maximum Gasteiger partial charge on any atom is 0.164 e. The predicted octanol–water partition coefficient (Wildman–Crippen LogP) is 29.6. The lowest BCUT2D eigenvalue weighted by Crippen LogP contribution is -2.00. The highest BCUT2D eigenvalue weighted by atomic mass is 32.1. The molecule has 13 aromatic carbocycles. The van der Waals surface area contributed by atoms with Gasteiger partial charge in [0.2, 0.25) is 0 Å². The number of thiophene rings is 2. The summed E-state index contributed by atoms with van der Waals surface area (Å²) in [7, 11) is 0. The Hall–Kier alpha value is -16.9. The molecular weight excluding hydrogens is 1610 g/mol. The Bertz CT molecular complexity index is 8220. The number of benzene rings is 13. The van der Waals surface area contributed by atoms with E-state index < -0.39 is 0 Å². The van der Waals surface area contributed by atoms with Crippen LogP contribution in [-0.4, -0.2) is 59.4 Å². The van der Waals surface area contributed by atoms with Crippen LogP contribution in [0.2, 0.25) is 0 Å². The Kier molecular flexibility index (Phi) is 20.1. The van der Waals surface area contributed by atoms with Crippen LogP contribution in [0.3, 0.4) is 0 Å². The molecule has 0 saturated carbocycles. The van der Waals surface area contributed by atoms with Gasteiger partial charge < -0.3 is 4.57 Å². The van der Waals surface area contributed by atoms with Crippen LogP contribution in [0.25, 0.3) is 237 Å². The number of para-hydroxylation sites is 4.